The van der Waals surface area contributed by atoms with Crippen LogP contribution in [-0.4, -0.2) is 37.5 Å². The molecule has 0 unspecified atom stereocenters. The van der Waals surface area contributed by atoms with Crippen molar-refractivity contribution in [1.82, 2.24) is 10.2 Å². The summed E-state index contributed by atoms with van der Waals surface area (Å²) in [5, 5.41) is 3.09. The first-order valence-electron chi connectivity index (χ1n) is 13.5. The van der Waals surface area contributed by atoms with E-state index in [-0.39, 0.29) is 11.8 Å². The van der Waals surface area contributed by atoms with E-state index in [1.807, 2.05) is 109 Å². The Bertz CT molecular complexity index is 1360. The molecule has 4 aromatic carbocycles. The summed E-state index contributed by atoms with van der Waals surface area (Å²) < 4.78 is 10.7. The van der Waals surface area contributed by atoms with Crippen molar-refractivity contribution in [2.45, 2.75) is 31.8 Å². The molecule has 4 aromatic rings. The number of amides is 2. The second-order valence-electron chi connectivity index (χ2n) is 9.54. The van der Waals surface area contributed by atoms with Gasteiger partial charge in [-0.3, -0.25) is 9.59 Å². The van der Waals surface area contributed by atoms with Crippen LogP contribution in [0.15, 0.2) is 109 Å². The molecule has 0 radical (unpaired) electrons. The standard InChI is InChI=1S/C34H36N2O4/c1-39-30-20-18-27(24-31(30)40-2)22-23-35-34(38)33(29-16-10-5-11-17-29)36(25-28-14-8-4-9-15-28)32(37)21-19-26-12-6-3-7-13-26/h3-18,20,24,33H,19,21-23,25H2,1-2H3,(H,35,38)/t33-/m1/s1. The Morgan fingerprint density at radius 2 is 1.30 bits per heavy atom. The molecule has 0 bridgehead atoms. The molecule has 2 amide bonds. The first-order chi connectivity index (χ1) is 19.6. The van der Waals surface area contributed by atoms with Crippen molar-refractivity contribution < 1.29 is 19.1 Å². The smallest absolute Gasteiger partial charge is 0.247 e. The van der Waals surface area contributed by atoms with E-state index in [0.717, 1.165) is 22.3 Å². The van der Waals surface area contributed by atoms with Gasteiger partial charge in [-0.05, 0) is 47.2 Å². The van der Waals surface area contributed by atoms with E-state index in [4.69, 9.17) is 9.47 Å². The number of carbonyl (C=O) groups is 2. The van der Waals surface area contributed by atoms with E-state index in [9.17, 15) is 9.59 Å². The maximum absolute atomic E-state index is 13.8. The summed E-state index contributed by atoms with van der Waals surface area (Å²) in [6, 6.07) is 34.2. The lowest BCUT2D eigenvalue weighted by atomic mass is 10.0. The van der Waals surface area contributed by atoms with Crippen LogP contribution in [0.4, 0.5) is 0 Å². The third-order valence-corrected chi connectivity index (χ3v) is 6.82. The summed E-state index contributed by atoms with van der Waals surface area (Å²) in [6.45, 7) is 0.742. The maximum Gasteiger partial charge on any atom is 0.247 e. The van der Waals surface area contributed by atoms with Gasteiger partial charge in [0.15, 0.2) is 11.5 Å². The number of ether oxygens (including phenoxy) is 2. The Balaban J connectivity index is 1.55. The Morgan fingerprint density at radius 1 is 0.700 bits per heavy atom. The molecule has 0 aliphatic heterocycles. The highest BCUT2D eigenvalue weighted by Gasteiger charge is 2.31. The minimum absolute atomic E-state index is 0.0726. The lowest BCUT2D eigenvalue weighted by Crippen LogP contribution is -2.44. The summed E-state index contributed by atoms with van der Waals surface area (Å²) in [4.78, 5) is 29.3. The van der Waals surface area contributed by atoms with E-state index in [0.29, 0.717) is 43.9 Å². The number of hydrogen-bond acceptors (Lipinski definition) is 4. The van der Waals surface area contributed by atoms with Gasteiger partial charge in [0, 0.05) is 19.5 Å². The minimum atomic E-state index is -0.768. The highest BCUT2D eigenvalue weighted by atomic mass is 16.5. The molecular weight excluding hydrogens is 500 g/mol. The normalized spacial score (nSPS) is 11.3. The number of nitrogens with one attached hydrogen (secondary N) is 1. The Morgan fingerprint density at radius 3 is 1.93 bits per heavy atom. The van der Waals surface area contributed by atoms with E-state index >= 15 is 0 Å². The van der Waals surface area contributed by atoms with Gasteiger partial charge in [-0.25, -0.2) is 0 Å². The molecule has 206 valence electrons. The van der Waals surface area contributed by atoms with Gasteiger partial charge >= 0.3 is 0 Å². The van der Waals surface area contributed by atoms with Gasteiger partial charge in [0.1, 0.15) is 6.04 Å². The van der Waals surface area contributed by atoms with Crippen molar-refractivity contribution in [3.05, 3.63) is 131 Å². The third kappa shape index (κ3) is 7.73. The molecule has 1 atom stereocenters. The van der Waals surface area contributed by atoms with Crippen molar-refractivity contribution in [2.75, 3.05) is 20.8 Å². The summed E-state index contributed by atoms with van der Waals surface area (Å²) in [5.41, 5.74) is 3.84. The van der Waals surface area contributed by atoms with E-state index < -0.39 is 6.04 Å². The van der Waals surface area contributed by atoms with Crippen LogP contribution in [0.5, 0.6) is 11.5 Å². The van der Waals surface area contributed by atoms with Crippen molar-refractivity contribution in [3.8, 4) is 11.5 Å². The third-order valence-electron chi connectivity index (χ3n) is 6.82. The van der Waals surface area contributed by atoms with E-state index in [1.165, 1.54) is 0 Å². The molecule has 1 N–H and O–H groups in total. The largest absolute Gasteiger partial charge is 0.493 e. The molecule has 6 nitrogen and oxygen atoms in total. The van der Waals surface area contributed by atoms with Crippen LogP contribution in [0.2, 0.25) is 0 Å². The Kier molecular flexibility index (Phi) is 10.3. The molecule has 4 rings (SSSR count). The fourth-order valence-corrected chi connectivity index (χ4v) is 4.71. The number of rotatable bonds is 13. The van der Waals surface area contributed by atoms with Crippen LogP contribution in [0.3, 0.4) is 0 Å². The zero-order chi connectivity index (χ0) is 28.2. The fourth-order valence-electron chi connectivity index (χ4n) is 4.71. The molecule has 0 heterocycles. The SMILES string of the molecule is COc1ccc(CCNC(=O)[C@@H](c2ccccc2)N(Cc2ccccc2)C(=O)CCc2ccccc2)cc1OC. The second kappa shape index (κ2) is 14.5. The number of nitrogens with zero attached hydrogens (tertiary/aromatic N) is 1. The monoisotopic (exact) mass is 536 g/mol. The highest BCUT2D eigenvalue weighted by molar-refractivity contribution is 5.88. The summed E-state index contributed by atoms with van der Waals surface area (Å²) in [7, 11) is 3.20. The number of aryl methyl sites for hydroxylation is 1. The molecule has 0 aliphatic rings. The van der Waals surface area contributed by atoms with Crippen molar-refractivity contribution >= 4 is 11.8 Å². The molecule has 0 aliphatic carbocycles. The van der Waals surface area contributed by atoms with Crippen LogP contribution >= 0.6 is 0 Å². The lowest BCUT2D eigenvalue weighted by molar-refractivity contribution is -0.141. The summed E-state index contributed by atoms with van der Waals surface area (Å²) in [5.74, 6) is 1.02. The lowest BCUT2D eigenvalue weighted by Gasteiger charge is -2.32. The second-order valence-corrected chi connectivity index (χ2v) is 9.54. The number of hydrogen-bond donors (Lipinski definition) is 1. The Labute approximate surface area is 236 Å². The number of carbonyl (C=O) groups excluding carboxylic acids is 2. The molecule has 6 heteroatoms. The van der Waals surface area contributed by atoms with E-state index in [1.54, 1.807) is 19.1 Å². The average Bonchev–Trinajstić information content (AvgIpc) is 3.01. The topological polar surface area (TPSA) is 67.9 Å². The quantitative estimate of drug-likeness (QED) is 0.236. The van der Waals surface area contributed by atoms with Gasteiger partial charge in [-0.2, -0.15) is 0 Å². The molecule has 0 fully saturated rings. The molecule has 0 spiro atoms. The Hall–Kier alpha value is -4.58. The van der Waals surface area contributed by atoms with Crippen LogP contribution < -0.4 is 14.8 Å². The number of methoxy groups -OCH3 is 2. The van der Waals surface area contributed by atoms with Crippen molar-refractivity contribution in [1.29, 1.82) is 0 Å². The van der Waals surface area contributed by atoms with E-state index in [2.05, 4.69) is 5.32 Å². The van der Waals surface area contributed by atoms with Gasteiger partial charge in [0.05, 0.1) is 14.2 Å². The van der Waals surface area contributed by atoms with Gasteiger partial charge in [-0.15, -0.1) is 0 Å². The van der Waals surface area contributed by atoms with Crippen LogP contribution in [0.1, 0.15) is 34.7 Å². The average molecular weight is 537 g/mol. The molecular formula is C34H36N2O4. The maximum atomic E-state index is 13.8. The first kappa shape index (κ1) is 28.4. The van der Waals surface area contributed by atoms with Gasteiger partial charge in [0.25, 0.3) is 0 Å². The zero-order valence-corrected chi connectivity index (χ0v) is 23.1. The van der Waals surface area contributed by atoms with Crippen LogP contribution in [-0.2, 0) is 29.0 Å². The molecule has 0 saturated heterocycles. The zero-order valence-electron chi connectivity index (χ0n) is 23.1. The first-order valence-corrected chi connectivity index (χ1v) is 13.5. The van der Waals surface area contributed by atoms with Crippen LogP contribution in [0, 0.1) is 0 Å². The summed E-state index contributed by atoms with van der Waals surface area (Å²) in [6.07, 6.45) is 1.51. The summed E-state index contributed by atoms with van der Waals surface area (Å²) >= 11 is 0. The van der Waals surface area contributed by atoms with Gasteiger partial charge in [0.2, 0.25) is 11.8 Å². The predicted octanol–water partition coefficient (Wildman–Crippen LogP) is 5.77. The van der Waals surface area contributed by atoms with Crippen LogP contribution in [0.25, 0.3) is 0 Å². The minimum Gasteiger partial charge on any atom is -0.493 e. The molecule has 0 saturated carbocycles. The van der Waals surface area contributed by atoms with Gasteiger partial charge < -0.3 is 19.7 Å². The highest BCUT2D eigenvalue weighted by Crippen LogP contribution is 2.28. The molecule has 0 aromatic heterocycles. The van der Waals surface area contributed by atoms with Crippen molar-refractivity contribution in [3.63, 3.8) is 0 Å². The fraction of sp³-hybridized carbons (Fsp3) is 0.235. The van der Waals surface area contributed by atoms with Crippen molar-refractivity contribution in [2.24, 2.45) is 0 Å². The number of benzene rings is 4. The predicted molar refractivity (Wildman–Crippen MR) is 157 cm³/mol. The van der Waals surface area contributed by atoms with Gasteiger partial charge in [-0.1, -0.05) is 97.1 Å². The molecule has 40 heavy (non-hydrogen) atoms.